The van der Waals surface area contributed by atoms with Crippen LogP contribution in [0, 0.1) is 10.1 Å². The molecular formula is C34H27N3O8S2. The molecule has 0 spiro atoms. The third-order valence-corrected chi connectivity index (χ3v) is 9.68. The molecule has 238 valence electrons. The number of β-lactam (4-membered cyclic amide) rings is 1. The number of hydrogen-bond donors (Lipinski definition) is 1. The molecule has 0 radical (unpaired) electrons. The Morgan fingerprint density at radius 1 is 0.915 bits per heavy atom. The van der Waals surface area contributed by atoms with Crippen molar-refractivity contribution in [3.63, 3.8) is 0 Å². The first-order chi connectivity index (χ1) is 22.8. The van der Waals surface area contributed by atoms with Gasteiger partial charge in [-0.3, -0.25) is 19.7 Å². The van der Waals surface area contributed by atoms with E-state index in [1.807, 2.05) is 78.2 Å². The molecule has 47 heavy (non-hydrogen) atoms. The maximum absolute atomic E-state index is 14.1. The van der Waals surface area contributed by atoms with Gasteiger partial charge in [-0.1, -0.05) is 66.7 Å². The van der Waals surface area contributed by atoms with Crippen molar-refractivity contribution in [3.05, 3.63) is 145 Å². The molecule has 4 aromatic rings. The Morgan fingerprint density at radius 2 is 1.57 bits per heavy atom. The quantitative estimate of drug-likeness (QED) is 0.102. The summed E-state index contributed by atoms with van der Waals surface area (Å²) in [6.07, 6.45) is -0.732. The number of rotatable bonds is 11. The summed E-state index contributed by atoms with van der Waals surface area (Å²) in [5.41, 5.74) is 1.66. The van der Waals surface area contributed by atoms with Crippen molar-refractivity contribution < 1.29 is 33.6 Å². The van der Waals surface area contributed by atoms with Crippen LogP contribution in [0.15, 0.2) is 113 Å². The molecule has 3 heterocycles. The fourth-order valence-electron chi connectivity index (χ4n) is 5.30. The highest BCUT2D eigenvalue weighted by Gasteiger charge is 2.57. The minimum absolute atomic E-state index is 0.102. The molecule has 2 amide bonds. The monoisotopic (exact) mass is 669 g/mol. The van der Waals surface area contributed by atoms with Crippen LogP contribution in [-0.2, 0) is 41.7 Å². The lowest BCUT2D eigenvalue weighted by Gasteiger charge is -2.51. The van der Waals surface area contributed by atoms with Gasteiger partial charge in [-0.15, -0.1) is 23.1 Å². The number of esters is 2. The lowest BCUT2D eigenvalue weighted by Crippen LogP contribution is -2.74. The van der Waals surface area contributed by atoms with Crippen LogP contribution in [0.1, 0.15) is 27.7 Å². The summed E-state index contributed by atoms with van der Waals surface area (Å²) in [4.78, 5) is 66.5. The Kier molecular flexibility index (Phi) is 9.45. The predicted octanol–water partition coefficient (Wildman–Crippen LogP) is 4.93. The number of nitro benzene ring substituents is 1. The molecule has 2 unspecified atom stereocenters. The van der Waals surface area contributed by atoms with Crippen LogP contribution in [0.25, 0.3) is 0 Å². The van der Waals surface area contributed by atoms with E-state index in [0.717, 1.165) is 16.6 Å². The molecule has 11 nitrogen and oxygen atoms in total. The Balaban J connectivity index is 1.25. The number of amides is 2. The smallest absolute Gasteiger partial charge is 0.337 e. The van der Waals surface area contributed by atoms with Crippen molar-refractivity contribution in [2.75, 3.05) is 0 Å². The first kappa shape index (κ1) is 31.7. The molecule has 3 atom stereocenters. The van der Waals surface area contributed by atoms with Crippen molar-refractivity contribution in [1.82, 2.24) is 10.2 Å². The molecule has 1 fully saturated rings. The molecule has 1 saturated heterocycles. The van der Waals surface area contributed by atoms with E-state index in [0.29, 0.717) is 16.7 Å². The average molecular weight is 670 g/mol. The lowest BCUT2D eigenvalue weighted by molar-refractivity contribution is -0.384. The van der Waals surface area contributed by atoms with Gasteiger partial charge in [0.2, 0.25) is 11.8 Å². The van der Waals surface area contributed by atoms with Gasteiger partial charge in [0.15, 0.2) is 12.1 Å². The number of hydrogen-bond acceptors (Lipinski definition) is 10. The minimum atomic E-state index is -1.45. The Bertz CT molecular complexity index is 1780. The molecular weight excluding hydrogens is 643 g/mol. The standard InChI is InChI=1S/C34H27N3O8S2/c38-27(18-25-12-7-17-46-25)35-28-31(39)36-29(34(41)45-30(22-8-3-1-4-9-22)23-10-5-2-6-11-23)26(20-47-32(28)36)33(40)44-19-21-13-15-24(16-14-21)37(42)43/h1-17,20,28-30,32H,18-19H2,(H,35,38)/t28?,29?,32-/m1/s1. The van der Waals surface area contributed by atoms with Crippen molar-refractivity contribution >= 4 is 52.5 Å². The number of benzene rings is 3. The molecule has 2 aliphatic rings. The lowest BCUT2D eigenvalue weighted by atomic mass is 9.97. The molecule has 6 rings (SSSR count). The number of ether oxygens (including phenoxy) is 2. The number of fused-ring (bicyclic) bond motifs is 1. The molecule has 0 bridgehead atoms. The Morgan fingerprint density at radius 3 is 2.17 bits per heavy atom. The zero-order chi connectivity index (χ0) is 32.9. The third kappa shape index (κ3) is 6.95. The first-order valence-electron chi connectivity index (χ1n) is 14.5. The van der Waals surface area contributed by atoms with Gasteiger partial charge in [0.1, 0.15) is 18.0 Å². The summed E-state index contributed by atoms with van der Waals surface area (Å²) in [6, 6.07) is 25.0. The predicted molar refractivity (Wildman–Crippen MR) is 174 cm³/mol. The van der Waals surface area contributed by atoms with Crippen LogP contribution in [0.2, 0.25) is 0 Å². The number of carbonyl (C=O) groups is 4. The van der Waals surface area contributed by atoms with Crippen LogP contribution < -0.4 is 5.32 Å². The number of carbonyl (C=O) groups excluding carboxylic acids is 4. The zero-order valence-corrected chi connectivity index (χ0v) is 26.2. The van der Waals surface area contributed by atoms with Crippen molar-refractivity contribution in [3.8, 4) is 0 Å². The Hall–Kier alpha value is -5.27. The summed E-state index contributed by atoms with van der Waals surface area (Å²) in [5.74, 6) is -2.57. The van der Waals surface area contributed by atoms with Gasteiger partial charge in [0.25, 0.3) is 5.69 Å². The fourth-order valence-corrected chi connectivity index (χ4v) is 7.22. The number of thiophene rings is 1. The second-order valence-electron chi connectivity index (χ2n) is 10.7. The molecule has 2 aliphatic heterocycles. The largest absolute Gasteiger partial charge is 0.457 e. The highest BCUT2D eigenvalue weighted by Crippen LogP contribution is 2.41. The number of nitrogens with zero attached hydrogens (tertiary/aromatic N) is 2. The number of nitrogens with one attached hydrogen (secondary N) is 1. The molecule has 1 aromatic heterocycles. The number of non-ortho nitro benzene ring substituents is 1. The van der Waals surface area contributed by atoms with E-state index in [-0.39, 0.29) is 30.2 Å². The second kappa shape index (κ2) is 14.0. The van der Waals surface area contributed by atoms with Crippen LogP contribution in [-0.4, -0.2) is 51.0 Å². The van der Waals surface area contributed by atoms with Gasteiger partial charge in [0.05, 0.1) is 16.9 Å². The zero-order valence-electron chi connectivity index (χ0n) is 24.6. The van der Waals surface area contributed by atoms with E-state index in [2.05, 4.69) is 5.32 Å². The van der Waals surface area contributed by atoms with Crippen LogP contribution in [0.4, 0.5) is 5.69 Å². The third-order valence-electron chi connectivity index (χ3n) is 7.63. The number of thioether (sulfide) groups is 1. The minimum Gasteiger partial charge on any atom is -0.457 e. The van der Waals surface area contributed by atoms with E-state index < -0.39 is 46.3 Å². The summed E-state index contributed by atoms with van der Waals surface area (Å²) in [6.45, 7) is -0.226. The van der Waals surface area contributed by atoms with Crippen LogP contribution >= 0.6 is 23.1 Å². The van der Waals surface area contributed by atoms with Crippen molar-refractivity contribution in [2.45, 2.75) is 36.6 Å². The molecule has 1 N–H and O–H groups in total. The van der Waals surface area contributed by atoms with Crippen LogP contribution in [0.5, 0.6) is 0 Å². The molecule has 3 aromatic carbocycles. The number of nitro groups is 1. The van der Waals surface area contributed by atoms with Gasteiger partial charge < -0.3 is 19.7 Å². The molecule has 0 aliphatic carbocycles. The normalized spacial score (nSPS) is 18.4. The summed E-state index contributed by atoms with van der Waals surface area (Å²) in [7, 11) is 0. The highest BCUT2D eigenvalue weighted by molar-refractivity contribution is 8.03. The summed E-state index contributed by atoms with van der Waals surface area (Å²) in [5, 5.41) is 16.4. The molecule has 0 saturated carbocycles. The van der Waals surface area contributed by atoms with Crippen LogP contribution in [0.3, 0.4) is 0 Å². The van der Waals surface area contributed by atoms with E-state index in [1.54, 1.807) is 0 Å². The van der Waals surface area contributed by atoms with Gasteiger partial charge in [-0.05, 0) is 45.7 Å². The van der Waals surface area contributed by atoms with Gasteiger partial charge in [0, 0.05) is 17.0 Å². The first-order valence-corrected chi connectivity index (χ1v) is 16.3. The summed E-state index contributed by atoms with van der Waals surface area (Å²) < 4.78 is 11.6. The SMILES string of the molecule is O=C(Cc1cccs1)NC1C(=O)N2C(C(=O)OC(c3ccccc3)c3ccccc3)C(C(=O)OCc3ccc([N+](=O)[O-])cc3)=CS[C@H]12. The molecule has 13 heteroatoms. The summed E-state index contributed by atoms with van der Waals surface area (Å²) >= 11 is 2.55. The topological polar surface area (TPSA) is 145 Å². The van der Waals surface area contributed by atoms with E-state index in [1.165, 1.54) is 45.9 Å². The van der Waals surface area contributed by atoms with Crippen molar-refractivity contribution in [2.24, 2.45) is 0 Å². The van der Waals surface area contributed by atoms with Crippen molar-refractivity contribution in [1.29, 1.82) is 0 Å². The highest BCUT2D eigenvalue weighted by atomic mass is 32.2. The van der Waals surface area contributed by atoms with E-state index >= 15 is 0 Å². The maximum Gasteiger partial charge on any atom is 0.337 e. The fraction of sp³-hybridized carbons (Fsp3) is 0.176. The average Bonchev–Trinajstić information content (AvgIpc) is 3.61. The second-order valence-corrected chi connectivity index (χ2v) is 12.7. The van der Waals surface area contributed by atoms with Gasteiger partial charge in [-0.25, -0.2) is 9.59 Å². The van der Waals surface area contributed by atoms with E-state index in [4.69, 9.17) is 9.47 Å². The van der Waals surface area contributed by atoms with E-state index in [9.17, 15) is 29.3 Å². The van der Waals surface area contributed by atoms with Gasteiger partial charge in [-0.2, -0.15) is 0 Å². The maximum atomic E-state index is 14.1. The Labute approximate surface area is 277 Å². The van der Waals surface area contributed by atoms with Gasteiger partial charge >= 0.3 is 11.9 Å².